The third-order valence-corrected chi connectivity index (χ3v) is 3.68. The summed E-state index contributed by atoms with van der Waals surface area (Å²) in [5, 5.41) is 0. The van der Waals surface area contributed by atoms with Crippen LogP contribution in [0.2, 0.25) is 0 Å². The highest BCUT2D eigenvalue weighted by Crippen LogP contribution is 2.33. The van der Waals surface area contributed by atoms with Crippen LogP contribution in [0.1, 0.15) is 44.7 Å². The number of ketones is 1. The second-order valence-corrected chi connectivity index (χ2v) is 6.12. The predicted octanol–water partition coefficient (Wildman–Crippen LogP) is 1.71. The number of hydrogen-bond donors (Lipinski definition) is 0. The van der Waals surface area contributed by atoms with Crippen molar-refractivity contribution in [3.63, 3.8) is 0 Å². The Bertz CT molecular complexity index is 795. The Morgan fingerprint density at radius 3 is 1.76 bits per heavy atom. The molecule has 1 aromatic rings. The van der Waals surface area contributed by atoms with Crippen molar-refractivity contribution in [2.75, 3.05) is 13.7 Å². The van der Waals surface area contributed by atoms with Gasteiger partial charge in [-0.05, 0) is 18.6 Å². The molecule has 0 aliphatic carbocycles. The summed E-state index contributed by atoms with van der Waals surface area (Å²) in [5.74, 6) is -2.38. The Balaban J connectivity index is 3.22. The van der Waals surface area contributed by atoms with E-state index in [1.54, 1.807) is 0 Å². The molecule has 0 spiro atoms. The van der Waals surface area contributed by atoms with Gasteiger partial charge in [-0.15, -0.1) is 0 Å². The number of Topliss-reactive ketones (excluding diaryl/α,β-unsaturated/α-hetero) is 1. The molecule has 158 valence electrons. The number of rotatable bonds is 10. The Morgan fingerprint density at radius 1 is 0.793 bits per heavy atom. The molecule has 0 radical (unpaired) electrons. The highest BCUT2D eigenvalue weighted by atomic mass is 16.5. The first-order chi connectivity index (χ1) is 13.6. The zero-order valence-electron chi connectivity index (χ0n) is 16.9. The van der Waals surface area contributed by atoms with Gasteiger partial charge in [0.2, 0.25) is 0 Å². The zero-order chi connectivity index (χ0) is 22.0. The molecule has 9 heteroatoms. The van der Waals surface area contributed by atoms with Crippen LogP contribution < -0.4 is 9.47 Å². The first-order valence-corrected chi connectivity index (χ1v) is 8.87. The number of ether oxygens (including phenoxy) is 4. The van der Waals surface area contributed by atoms with Crippen molar-refractivity contribution in [2.24, 2.45) is 0 Å². The van der Waals surface area contributed by atoms with Crippen molar-refractivity contribution in [1.82, 2.24) is 0 Å². The molecule has 0 unspecified atom stereocenters. The van der Waals surface area contributed by atoms with Crippen LogP contribution in [0.4, 0.5) is 0 Å². The van der Waals surface area contributed by atoms with Gasteiger partial charge in [0.15, 0.2) is 0 Å². The number of hydrogen-bond acceptors (Lipinski definition) is 9. The quantitative estimate of drug-likeness (QED) is 0.323. The van der Waals surface area contributed by atoms with E-state index in [1.165, 1.54) is 40.0 Å². The van der Waals surface area contributed by atoms with E-state index in [-0.39, 0.29) is 54.3 Å². The van der Waals surface area contributed by atoms with Gasteiger partial charge in [-0.2, -0.15) is 0 Å². The molecule has 0 amide bonds. The lowest BCUT2D eigenvalue weighted by atomic mass is 9.96. The lowest BCUT2D eigenvalue weighted by molar-refractivity contribution is -0.141. The van der Waals surface area contributed by atoms with Gasteiger partial charge < -0.3 is 18.9 Å². The topological polar surface area (TPSA) is 122 Å². The number of carbonyl (C=O) groups is 5. The average Bonchev–Trinajstić information content (AvgIpc) is 2.62. The molecule has 0 atom stereocenters. The summed E-state index contributed by atoms with van der Waals surface area (Å²) in [7, 11) is 1.20. The van der Waals surface area contributed by atoms with Crippen molar-refractivity contribution in [1.29, 1.82) is 0 Å². The lowest BCUT2D eigenvalue weighted by Gasteiger charge is -2.17. The van der Waals surface area contributed by atoms with Crippen LogP contribution in [-0.4, -0.2) is 43.4 Å². The molecule has 0 fully saturated rings. The molecule has 0 heterocycles. The molecule has 0 aliphatic rings. The van der Waals surface area contributed by atoms with Crippen molar-refractivity contribution in [3.8, 4) is 11.5 Å². The van der Waals surface area contributed by atoms with Gasteiger partial charge >= 0.3 is 23.9 Å². The number of esters is 4. The van der Waals surface area contributed by atoms with Crippen LogP contribution in [0.25, 0.3) is 0 Å². The van der Waals surface area contributed by atoms with Gasteiger partial charge in [-0.3, -0.25) is 24.0 Å². The van der Waals surface area contributed by atoms with Gasteiger partial charge in [-0.1, -0.05) is 0 Å². The highest BCUT2D eigenvalue weighted by Gasteiger charge is 2.22. The van der Waals surface area contributed by atoms with Gasteiger partial charge in [0.1, 0.15) is 17.3 Å². The maximum absolute atomic E-state index is 12.4. The van der Waals surface area contributed by atoms with Gasteiger partial charge in [0.25, 0.3) is 0 Å². The van der Waals surface area contributed by atoms with Crippen LogP contribution in [0.5, 0.6) is 11.5 Å². The SMILES string of the molecule is COC(=O)Cc1c(OC(C)=O)ccc(OC(C)=O)c1CC(=O)CCCOC(C)=O. The first-order valence-electron chi connectivity index (χ1n) is 8.87. The normalized spacial score (nSPS) is 10.1. The minimum atomic E-state index is -0.623. The van der Waals surface area contributed by atoms with E-state index in [0.29, 0.717) is 6.42 Å². The fourth-order valence-electron chi connectivity index (χ4n) is 2.53. The molecule has 1 rings (SSSR count). The Hall–Kier alpha value is -3.23. The average molecular weight is 408 g/mol. The first kappa shape index (κ1) is 23.8. The summed E-state index contributed by atoms with van der Waals surface area (Å²) in [6.07, 6.45) is -0.0477. The zero-order valence-corrected chi connectivity index (χ0v) is 16.9. The molecule has 0 bridgehead atoms. The van der Waals surface area contributed by atoms with E-state index in [0.717, 1.165) is 0 Å². The second-order valence-electron chi connectivity index (χ2n) is 6.12. The molecular weight excluding hydrogens is 384 g/mol. The molecule has 1 aromatic carbocycles. The smallest absolute Gasteiger partial charge is 0.310 e. The van der Waals surface area contributed by atoms with E-state index in [4.69, 9.17) is 14.2 Å². The maximum Gasteiger partial charge on any atom is 0.310 e. The highest BCUT2D eigenvalue weighted by molar-refractivity contribution is 5.85. The molecule has 0 saturated heterocycles. The third-order valence-electron chi connectivity index (χ3n) is 3.68. The van der Waals surface area contributed by atoms with Crippen molar-refractivity contribution >= 4 is 29.7 Å². The van der Waals surface area contributed by atoms with Crippen LogP contribution in [0, 0.1) is 0 Å². The molecule has 0 aromatic heterocycles. The summed E-state index contributed by atoms with van der Waals surface area (Å²) >= 11 is 0. The Morgan fingerprint density at radius 2 is 1.31 bits per heavy atom. The minimum Gasteiger partial charge on any atom is -0.469 e. The summed E-state index contributed by atoms with van der Waals surface area (Å²) in [6.45, 7) is 3.76. The predicted molar refractivity (Wildman–Crippen MR) is 99.4 cm³/mol. The summed E-state index contributed by atoms with van der Waals surface area (Å²) in [5.41, 5.74) is 0.473. The third kappa shape index (κ3) is 8.54. The Kier molecular flexibility index (Phi) is 9.50. The minimum absolute atomic E-state index is 0.0708. The number of benzene rings is 1. The molecule has 0 N–H and O–H groups in total. The lowest BCUT2D eigenvalue weighted by Crippen LogP contribution is -2.16. The molecule has 0 saturated carbocycles. The van der Waals surface area contributed by atoms with E-state index in [1.807, 2.05) is 0 Å². The van der Waals surface area contributed by atoms with Crippen LogP contribution in [0.3, 0.4) is 0 Å². The number of methoxy groups -OCH3 is 1. The van der Waals surface area contributed by atoms with Crippen molar-refractivity contribution < 1.29 is 42.9 Å². The molecule has 9 nitrogen and oxygen atoms in total. The van der Waals surface area contributed by atoms with Crippen molar-refractivity contribution in [3.05, 3.63) is 23.3 Å². The maximum atomic E-state index is 12.4. The Labute approximate surface area is 168 Å². The van der Waals surface area contributed by atoms with Gasteiger partial charge in [0.05, 0.1) is 20.1 Å². The second kappa shape index (κ2) is 11.6. The van der Waals surface area contributed by atoms with Crippen LogP contribution in [-0.2, 0) is 46.3 Å². The fraction of sp³-hybridized carbons (Fsp3) is 0.450. The summed E-state index contributed by atoms with van der Waals surface area (Å²) in [4.78, 5) is 57.9. The molecular formula is C20H24O9. The van der Waals surface area contributed by atoms with Gasteiger partial charge in [-0.25, -0.2) is 0 Å². The van der Waals surface area contributed by atoms with E-state index >= 15 is 0 Å². The monoisotopic (exact) mass is 408 g/mol. The standard InChI is InChI=1S/C20H24O9/c1-12(21)27-9-5-6-15(24)10-16-17(11-20(25)26-4)19(29-14(3)23)8-7-18(16)28-13(2)22/h7-8H,5-6,9-11H2,1-4H3. The molecule has 0 aliphatic heterocycles. The van der Waals surface area contributed by atoms with Crippen LogP contribution >= 0.6 is 0 Å². The van der Waals surface area contributed by atoms with E-state index in [9.17, 15) is 24.0 Å². The summed E-state index contributed by atoms with van der Waals surface area (Å²) in [6, 6.07) is 2.77. The number of carbonyl (C=O) groups excluding carboxylic acids is 5. The van der Waals surface area contributed by atoms with Gasteiger partial charge in [0, 0.05) is 44.7 Å². The molecule has 29 heavy (non-hydrogen) atoms. The van der Waals surface area contributed by atoms with E-state index in [2.05, 4.69) is 4.74 Å². The summed E-state index contributed by atoms with van der Waals surface area (Å²) < 4.78 is 19.8. The van der Waals surface area contributed by atoms with E-state index < -0.39 is 23.9 Å². The largest absolute Gasteiger partial charge is 0.469 e. The van der Waals surface area contributed by atoms with Crippen molar-refractivity contribution in [2.45, 2.75) is 46.5 Å². The fourth-order valence-corrected chi connectivity index (χ4v) is 2.53. The van der Waals surface area contributed by atoms with Crippen LogP contribution in [0.15, 0.2) is 12.1 Å².